The van der Waals surface area contributed by atoms with Crippen LogP contribution in [0, 0.1) is 5.92 Å². The van der Waals surface area contributed by atoms with E-state index in [0.717, 1.165) is 5.56 Å². The minimum Gasteiger partial charge on any atom is -0.490 e. The van der Waals surface area contributed by atoms with Crippen molar-refractivity contribution < 1.29 is 24.2 Å². The maximum Gasteiger partial charge on any atom is 0.317 e. The Kier molecular flexibility index (Phi) is 6.91. The van der Waals surface area contributed by atoms with E-state index in [1.807, 2.05) is 32.0 Å². The van der Waals surface area contributed by atoms with Crippen LogP contribution >= 0.6 is 0 Å². The zero-order valence-corrected chi connectivity index (χ0v) is 14.8. The highest BCUT2D eigenvalue weighted by atomic mass is 16.5. The van der Waals surface area contributed by atoms with E-state index in [2.05, 4.69) is 5.32 Å². The number of urea groups is 1. The highest BCUT2D eigenvalue weighted by molar-refractivity contribution is 5.77. The summed E-state index contributed by atoms with van der Waals surface area (Å²) in [5.74, 6) is 0.129. The molecule has 0 radical (unpaired) electrons. The van der Waals surface area contributed by atoms with E-state index in [-0.39, 0.29) is 12.6 Å². The second kappa shape index (κ2) is 9.15. The van der Waals surface area contributed by atoms with Crippen LogP contribution < -0.4 is 14.8 Å². The number of ether oxygens (including phenoxy) is 2. The predicted molar refractivity (Wildman–Crippen MR) is 93.2 cm³/mol. The van der Waals surface area contributed by atoms with Crippen molar-refractivity contribution in [3.63, 3.8) is 0 Å². The lowest BCUT2D eigenvalue weighted by Crippen LogP contribution is -2.39. The lowest BCUT2D eigenvalue weighted by molar-refractivity contribution is -0.141. The molecule has 7 nitrogen and oxygen atoms in total. The molecule has 1 heterocycles. The fraction of sp³-hybridized carbons (Fsp3) is 0.556. The van der Waals surface area contributed by atoms with E-state index in [0.29, 0.717) is 50.6 Å². The van der Waals surface area contributed by atoms with Gasteiger partial charge in [0.15, 0.2) is 11.5 Å². The zero-order valence-electron chi connectivity index (χ0n) is 14.8. The summed E-state index contributed by atoms with van der Waals surface area (Å²) < 4.78 is 11.1. The quantitative estimate of drug-likeness (QED) is 0.750. The molecule has 0 bridgehead atoms. The number of carboxylic acids is 1. The van der Waals surface area contributed by atoms with E-state index in [1.165, 1.54) is 0 Å². The molecule has 7 heteroatoms. The summed E-state index contributed by atoms with van der Waals surface area (Å²) in [6, 6.07) is 5.55. The second-order valence-corrected chi connectivity index (χ2v) is 5.90. The molecule has 1 saturated heterocycles. The summed E-state index contributed by atoms with van der Waals surface area (Å²) in [4.78, 5) is 24.6. The Morgan fingerprint density at radius 2 is 1.96 bits per heavy atom. The Labute approximate surface area is 147 Å². The van der Waals surface area contributed by atoms with Crippen molar-refractivity contribution in [1.82, 2.24) is 10.2 Å². The summed E-state index contributed by atoms with van der Waals surface area (Å²) in [5, 5.41) is 11.8. The number of carbonyl (C=O) groups is 2. The van der Waals surface area contributed by atoms with E-state index in [9.17, 15) is 9.59 Å². The lowest BCUT2D eigenvalue weighted by Gasteiger charge is -2.17. The zero-order chi connectivity index (χ0) is 18.2. The van der Waals surface area contributed by atoms with Crippen LogP contribution in [-0.4, -0.2) is 54.9 Å². The van der Waals surface area contributed by atoms with Gasteiger partial charge in [-0.1, -0.05) is 6.07 Å². The third-order valence-corrected chi connectivity index (χ3v) is 4.12. The molecule has 1 aliphatic heterocycles. The number of hydrogen-bond donors (Lipinski definition) is 2. The molecule has 1 atom stereocenters. The molecular formula is C18H26N2O5. The number of rotatable bonds is 8. The van der Waals surface area contributed by atoms with Crippen molar-refractivity contribution in [3.05, 3.63) is 23.8 Å². The molecule has 1 unspecified atom stereocenters. The SMILES string of the molecule is CCOc1ccc(CCNC(=O)N2CCC(C(=O)O)C2)cc1OCC. The molecule has 138 valence electrons. The van der Waals surface area contributed by atoms with Crippen molar-refractivity contribution in [3.8, 4) is 11.5 Å². The molecule has 0 aromatic heterocycles. The molecule has 0 saturated carbocycles. The molecule has 1 aromatic carbocycles. The summed E-state index contributed by atoms with van der Waals surface area (Å²) in [7, 11) is 0. The first-order valence-electron chi connectivity index (χ1n) is 8.69. The van der Waals surface area contributed by atoms with Gasteiger partial charge in [-0.3, -0.25) is 4.79 Å². The van der Waals surface area contributed by atoms with Crippen LogP contribution in [0.4, 0.5) is 4.79 Å². The fourth-order valence-electron chi connectivity index (χ4n) is 2.82. The number of nitrogens with one attached hydrogen (secondary N) is 1. The number of likely N-dealkylation sites (tertiary alicyclic amines) is 1. The van der Waals surface area contributed by atoms with Crippen molar-refractivity contribution in [2.24, 2.45) is 5.92 Å². The topological polar surface area (TPSA) is 88.1 Å². The van der Waals surface area contributed by atoms with Gasteiger partial charge in [-0.2, -0.15) is 0 Å². The molecule has 0 aliphatic carbocycles. The van der Waals surface area contributed by atoms with Gasteiger partial charge in [0.05, 0.1) is 19.1 Å². The molecule has 2 amide bonds. The average Bonchev–Trinajstić information content (AvgIpc) is 3.08. The first-order valence-corrected chi connectivity index (χ1v) is 8.69. The average molecular weight is 350 g/mol. The molecule has 0 spiro atoms. The third kappa shape index (κ3) is 5.27. The third-order valence-electron chi connectivity index (χ3n) is 4.12. The number of nitrogens with zero attached hydrogens (tertiary/aromatic N) is 1. The normalized spacial score (nSPS) is 16.6. The Morgan fingerprint density at radius 3 is 2.60 bits per heavy atom. The van der Waals surface area contributed by atoms with Gasteiger partial charge in [0.1, 0.15) is 0 Å². The van der Waals surface area contributed by atoms with E-state index >= 15 is 0 Å². The van der Waals surface area contributed by atoms with E-state index in [4.69, 9.17) is 14.6 Å². The first-order chi connectivity index (χ1) is 12.0. The molecule has 1 aromatic rings. The van der Waals surface area contributed by atoms with Crippen LogP contribution in [-0.2, 0) is 11.2 Å². The van der Waals surface area contributed by atoms with Gasteiger partial charge < -0.3 is 24.8 Å². The number of aliphatic carboxylic acids is 1. The van der Waals surface area contributed by atoms with Gasteiger partial charge in [0.2, 0.25) is 0 Å². The largest absolute Gasteiger partial charge is 0.490 e. The Morgan fingerprint density at radius 1 is 1.24 bits per heavy atom. The van der Waals surface area contributed by atoms with Crippen LogP contribution in [0.3, 0.4) is 0 Å². The van der Waals surface area contributed by atoms with Crippen LogP contribution in [0.2, 0.25) is 0 Å². The van der Waals surface area contributed by atoms with Gasteiger partial charge in [-0.25, -0.2) is 4.79 Å². The molecule has 1 aliphatic rings. The van der Waals surface area contributed by atoms with Crippen LogP contribution in [0.5, 0.6) is 11.5 Å². The van der Waals surface area contributed by atoms with Gasteiger partial charge >= 0.3 is 12.0 Å². The minimum absolute atomic E-state index is 0.209. The standard InChI is InChI=1S/C18H26N2O5/c1-3-24-15-6-5-13(11-16(15)25-4-2)7-9-19-18(23)20-10-8-14(12-20)17(21)22/h5-6,11,14H,3-4,7-10,12H2,1-2H3,(H,19,23)(H,21,22). The summed E-state index contributed by atoms with van der Waals surface area (Å²) in [6.07, 6.45) is 1.17. The van der Waals surface area contributed by atoms with Gasteiger partial charge in [0.25, 0.3) is 0 Å². The molecular weight excluding hydrogens is 324 g/mol. The number of carboxylic acid groups (broad SMARTS) is 1. The highest BCUT2D eigenvalue weighted by Gasteiger charge is 2.30. The monoisotopic (exact) mass is 350 g/mol. The molecule has 1 fully saturated rings. The maximum absolute atomic E-state index is 12.1. The number of hydrogen-bond acceptors (Lipinski definition) is 4. The molecule has 25 heavy (non-hydrogen) atoms. The van der Waals surface area contributed by atoms with Gasteiger partial charge in [0, 0.05) is 19.6 Å². The van der Waals surface area contributed by atoms with Crippen LogP contribution in [0.25, 0.3) is 0 Å². The highest BCUT2D eigenvalue weighted by Crippen LogP contribution is 2.28. The number of benzene rings is 1. The van der Waals surface area contributed by atoms with E-state index in [1.54, 1.807) is 4.90 Å². The first kappa shape index (κ1) is 18.9. The van der Waals surface area contributed by atoms with Crippen molar-refractivity contribution >= 4 is 12.0 Å². The lowest BCUT2D eigenvalue weighted by atomic mass is 10.1. The number of carbonyl (C=O) groups excluding carboxylic acids is 1. The van der Waals surface area contributed by atoms with E-state index < -0.39 is 11.9 Å². The smallest absolute Gasteiger partial charge is 0.317 e. The summed E-state index contributed by atoms with van der Waals surface area (Å²) in [5.41, 5.74) is 1.04. The van der Waals surface area contributed by atoms with Gasteiger partial charge in [-0.15, -0.1) is 0 Å². The molecule has 2 N–H and O–H groups in total. The minimum atomic E-state index is -0.840. The Hall–Kier alpha value is -2.44. The Bertz CT molecular complexity index is 605. The van der Waals surface area contributed by atoms with Crippen molar-refractivity contribution in [1.29, 1.82) is 0 Å². The van der Waals surface area contributed by atoms with Crippen molar-refractivity contribution in [2.75, 3.05) is 32.8 Å². The second-order valence-electron chi connectivity index (χ2n) is 5.90. The predicted octanol–water partition coefficient (Wildman–Crippen LogP) is 2.14. The Balaban J connectivity index is 1.84. The fourth-order valence-corrected chi connectivity index (χ4v) is 2.82. The molecule has 2 rings (SSSR count). The summed E-state index contributed by atoms with van der Waals surface area (Å²) >= 11 is 0. The van der Waals surface area contributed by atoms with Crippen LogP contribution in [0.1, 0.15) is 25.8 Å². The van der Waals surface area contributed by atoms with Crippen LogP contribution in [0.15, 0.2) is 18.2 Å². The summed E-state index contributed by atoms with van der Waals surface area (Å²) in [6.45, 7) is 6.21. The number of amides is 2. The van der Waals surface area contributed by atoms with Crippen molar-refractivity contribution in [2.45, 2.75) is 26.7 Å². The van der Waals surface area contributed by atoms with Gasteiger partial charge in [-0.05, 0) is 44.4 Å². The maximum atomic E-state index is 12.1.